The van der Waals surface area contributed by atoms with E-state index in [0.29, 0.717) is 0 Å². The molecule has 1 aliphatic rings. The highest BCUT2D eigenvalue weighted by atomic mass is 28.3. The lowest BCUT2D eigenvalue weighted by Gasteiger charge is -2.18. The Balaban J connectivity index is 2.33. The summed E-state index contributed by atoms with van der Waals surface area (Å²) in [4.78, 5) is 0. The fourth-order valence-corrected chi connectivity index (χ4v) is 2.27. The van der Waals surface area contributed by atoms with Crippen LogP contribution in [0.1, 0.15) is 32.1 Å². The number of hydrogen-bond donors (Lipinski definition) is 0. The minimum atomic E-state index is -1.17. The normalized spacial score (nSPS) is 21.9. The summed E-state index contributed by atoms with van der Waals surface area (Å²) >= 11 is 0. The Labute approximate surface area is 77.4 Å². The predicted octanol–water partition coefficient (Wildman–Crippen LogP) is 3.47. The van der Waals surface area contributed by atoms with Crippen molar-refractivity contribution in [2.45, 2.75) is 51.7 Å². The summed E-state index contributed by atoms with van der Waals surface area (Å²) in [6.45, 7) is 6.89. The maximum absolute atomic E-state index is 4.69. The lowest BCUT2D eigenvalue weighted by atomic mass is 9.90. The van der Waals surface area contributed by atoms with Gasteiger partial charge in [-0.05, 0) is 44.6 Å². The Morgan fingerprint density at radius 2 is 1.67 bits per heavy atom. The molecule has 0 atom stereocenters. The Morgan fingerprint density at radius 1 is 1.08 bits per heavy atom. The van der Waals surface area contributed by atoms with Crippen molar-refractivity contribution in [2.24, 2.45) is 10.6 Å². The molecule has 70 valence electrons. The number of rotatable bonds is 2. The Kier molecular flexibility index (Phi) is 3.50. The van der Waals surface area contributed by atoms with Crippen LogP contribution in [-0.2, 0) is 0 Å². The molecule has 0 bridgehead atoms. The van der Waals surface area contributed by atoms with Gasteiger partial charge in [0.25, 0.3) is 0 Å². The first kappa shape index (κ1) is 9.97. The summed E-state index contributed by atoms with van der Waals surface area (Å²) in [7, 11) is -1.17. The van der Waals surface area contributed by atoms with E-state index in [2.05, 4.69) is 25.9 Å². The van der Waals surface area contributed by atoms with Crippen LogP contribution in [0.5, 0.6) is 0 Å². The second-order valence-electron chi connectivity index (χ2n) is 4.85. The Bertz CT molecular complexity index is 152. The van der Waals surface area contributed by atoms with E-state index in [9.17, 15) is 0 Å². The maximum atomic E-state index is 4.69. The maximum Gasteiger partial charge on any atom is 0.171 e. The summed E-state index contributed by atoms with van der Waals surface area (Å²) in [5.74, 6) is 0.811. The van der Waals surface area contributed by atoms with Crippen LogP contribution in [0.25, 0.3) is 0 Å². The van der Waals surface area contributed by atoms with Gasteiger partial charge in [-0.15, -0.1) is 0 Å². The molecule has 12 heavy (non-hydrogen) atoms. The van der Waals surface area contributed by atoms with Gasteiger partial charge in [0.2, 0.25) is 0 Å². The molecule has 0 spiro atoms. The monoisotopic (exact) mass is 183 g/mol. The van der Waals surface area contributed by atoms with E-state index in [-0.39, 0.29) is 0 Å². The van der Waals surface area contributed by atoms with Crippen molar-refractivity contribution in [2.75, 3.05) is 0 Å². The molecule has 0 aromatic heterocycles. The van der Waals surface area contributed by atoms with Gasteiger partial charge in [0.1, 0.15) is 0 Å². The minimum Gasteiger partial charge on any atom is -0.333 e. The molecule has 0 unspecified atom stereocenters. The van der Waals surface area contributed by atoms with Gasteiger partial charge in [-0.1, -0.05) is 19.3 Å². The van der Waals surface area contributed by atoms with Crippen LogP contribution in [0.4, 0.5) is 0 Å². The van der Waals surface area contributed by atoms with Gasteiger partial charge >= 0.3 is 0 Å². The molecule has 0 N–H and O–H groups in total. The Morgan fingerprint density at radius 3 is 2.17 bits per heavy atom. The predicted molar refractivity (Wildman–Crippen MR) is 58.4 cm³/mol. The highest BCUT2D eigenvalue weighted by molar-refractivity contribution is 6.75. The van der Waals surface area contributed by atoms with E-state index >= 15 is 0 Å². The van der Waals surface area contributed by atoms with E-state index in [1.54, 1.807) is 0 Å². The van der Waals surface area contributed by atoms with Crippen LogP contribution in [0, 0.1) is 5.92 Å². The summed E-state index contributed by atoms with van der Waals surface area (Å²) < 4.78 is 4.69. The third kappa shape index (κ3) is 4.05. The summed E-state index contributed by atoms with van der Waals surface area (Å²) in [5.41, 5.74) is 0. The minimum absolute atomic E-state index is 0.811. The van der Waals surface area contributed by atoms with Crippen LogP contribution in [0.2, 0.25) is 19.6 Å². The average Bonchev–Trinajstić information content (AvgIpc) is 2.02. The molecule has 0 radical (unpaired) electrons. The quantitative estimate of drug-likeness (QED) is 0.459. The highest BCUT2D eigenvalue weighted by Crippen LogP contribution is 2.22. The molecule has 1 saturated carbocycles. The summed E-state index contributed by atoms with van der Waals surface area (Å²) in [6, 6.07) is 0. The van der Waals surface area contributed by atoms with Crippen molar-refractivity contribution in [1.82, 2.24) is 0 Å². The van der Waals surface area contributed by atoms with Gasteiger partial charge in [-0.2, -0.15) is 0 Å². The first-order valence-electron chi connectivity index (χ1n) is 5.13. The fourth-order valence-electron chi connectivity index (χ4n) is 1.61. The van der Waals surface area contributed by atoms with Crippen molar-refractivity contribution in [3.63, 3.8) is 0 Å². The standard InChI is InChI=1S/C10H21NSi/c1-12(2,3)11-9-10-7-5-4-6-8-10/h9-10H,4-8H2,1-3H3. The molecule has 2 heteroatoms. The number of hydrogen-bond acceptors (Lipinski definition) is 1. The molecule has 0 aromatic carbocycles. The molecule has 1 rings (SSSR count). The molecule has 0 aliphatic heterocycles. The highest BCUT2D eigenvalue weighted by Gasteiger charge is 2.14. The van der Waals surface area contributed by atoms with Crippen molar-refractivity contribution in [3.05, 3.63) is 0 Å². The number of nitrogens with zero attached hydrogens (tertiary/aromatic N) is 1. The van der Waals surface area contributed by atoms with Gasteiger partial charge in [-0.3, -0.25) is 0 Å². The second kappa shape index (κ2) is 4.22. The van der Waals surface area contributed by atoms with Crippen molar-refractivity contribution in [3.8, 4) is 0 Å². The zero-order chi connectivity index (χ0) is 9.03. The average molecular weight is 183 g/mol. The molecular weight excluding hydrogens is 162 g/mol. The van der Waals surface area contributed by atoms with Crippen LogP contribution >= 0.6 is 0 Å². The second-order valence-corrected chi connectivity index (χ2v) is 9.45. The lowest BCUT2D eigenvalue weighted by molar-refractivity contribution is 0.445. The van der Waals surface area contributed by atoms with E-state index in [1.807, 2.05) is 0 Å². The zero-order valence-corrected chi connectivity index (χ0v) is 9.64. The van der Waals surface area contributed by atoms with E-state index in [0.717, 1.165) is 5.92 Å². The van der Waals surface area contributed by atoms with Crippen LogP contribution in [-0.4, -0.2) is 14.5 Å². The molecule has 0 saturated heterocycles. The molecule has 1 fully saturated rings. The molecule has 1 nitrogen and oxygen atoms in total. The van der Waals surface area contributed by atoms with Crippen LogP contribution in [0.3, 0.4) is 0 Å². The topological polar surface area (TPSA) is 12.4 Å². The Hall–Kier alpha value is -0.113. The third-order valence-corrected chi connectivity index (χ3v) is 3.25. The van der Waals surface area contributed by atoms with Gasteiger partial charge in [0.05, 0.1) is 0 Å². The van der Waals surface area contributed by atoms with Gasteiger partial charge in [0, 0.05) is 0 Å². The SMILES string of the molecule is C[Si](C)(C)N=CC1CCCCC1. The lowest BCUT2D eigenvalue weighted by Crippen LogP contribution is -2.18. The van der Waals surface area contributed by atoms with Crippen LogP contribution < -0.4 is 0 Å². The van der Waals surface area contributed by atoms with Gasteiger partial charge < -0.3 is 4.66 Å². The molecule has 1 aliphatic carbocycles. The van der Waals surface area contributed by atoms with Gasteiger partial charge in [0.15, 0.2) is 8.24 Å². The van der Waals surface area contributed by atoms with E-state index < -0.39 is 8.24 Å². The van der Waals surface area contributed by atoms with Crippen molar-refractivity contribution >= 4 is 14.5 Å². The summed E-state index contributed by atoms with van der Waals surface area (Å²) in [5, 5.41) is 0. The largest absolute Gasteiger partial charge is 0.333 e. The zero-order valence-electron chi connectivity index (χ0n) is 8.64. The van der Waals surface area contributed by atoms with Crippen LogP contribution in [0.15, 0.2) is 4.66 Å². The van der Waals surface area contributed by atoms with E-state index in [4.69, 9.17) is 4.66 Å². The first-order valence-corrected chi connectivity index (χ1v) is 8.58. The van der Waals surface area contributed by atoms with Gasteiger partial charge in [-0.25, -0.2) is 0 Å². The van der Waals surface area contributed by atoms with Crippen molar-refractivity contribution in [1.29, 1.82) is 0 Å². The van der Waals surface area contributed by atoms with Crippen molar-refractivity contribution < 1.29 is 0 Å². The molecule has 0 aromatic rings. The fraction of sp³-hybridized carbons (Fsp3) is 0.900. The van der Waals surface area contributed by atoms with E-state index in [1.165, 1.54) is 32.1 Å². The molecule has 0 heterocycles. The molecule has 0 amide bonds. The first-order chi connectivity index (χ1) is 5.58. The molecular formula is C10H21NSi. The third-order valence-electron chi connectivity index (χ3n) is 2.32. The smallest absolute Gasteiger partial charge is 0.171 e. The summed E-state index contributed by atoms with van der Waals surface area (Å²) in [6.07, 6.45) is 9.30.